The molecule has 2 aromatic heterocycles. The number of aromatic nitrogens is 2. The van der Waals surface area contributed by atoms with Gasteiger partial charge < -0.3 is 15.4 Å². The number of aryl methyl sites for hydroxylation is 1. The summed E-state index contributed by atoms with van der Waals surface area (Å²) in [4.78, 5) is 37.9. The van der Waals surface area contributed by atoms with Crippen molar-refractivity contribution >= 4 is 34.9 Å². The summed E-state index contributed by atoms with van der Waals surface area (Å²) in [5, 5.41) is 9.86. The molecule has 0 aliphatic carbocycles. The van der Waals surface area contributed by atoms with Crippen molar-refractivity contribution < 1.29 is 19.1 Å². The van der Waals surface area contributed by atoms with Gasteiger partial charge in [0, 0.05) is 16.4 Å². The number of hydrogen-bond donors (Lipinski definition) is 2. The minimum atomic E-state index is -0.700. The van der Waals surface area contributed by atoms with Gasteiger partial charge in [0.2, 0.25) is 0 Å². The highest BCUT2D eigenvalue weighted by Gasteiger charge is 2.22. The van der Waals surface area contributed by atoms with Crippen LogP contribution in [-0.2, 0) is 19.7 Å². The summed E-state index contributed by atoms with van der Waals surface area (Å²) in [6.07, 6.45) is 0. The Morgan fingerprint density at radius 1 is 1.09 bits per heavy atom. The summed E-state index contributed by atoms with van der Waals surface area (Å²) >= 11 is 1.33. The summed E-state index contributed by atoms with van der Waals surface area (Å²) < 4.78 is 6.64. The van der Waals surface area contributed by atoms with Gasteiger partial charge in [-0.3, -0.25) is 14.4 Å². The molecular weight excluding hydrogens is 428 g/mol. The number of hydrogen-bond acceptors (Lipinski definition) is 6. The number of nitrogens with zero attached hydrogens (tertiary/aromatic N) is 2. The highest BCUT2D eigenvalue weighted by atomic mass is 32.1. The van der Waals surface area contributed by atoms with Crippen LogP contribution in [0.25, 0.3) is 5.69 Å². The van der Waals surface area contributed by atoms with Crippen LogP contribution in [0.5, 0.6) is 0 Å². The molecule has 2 N–H and O–H groups in total. The first kappa shape index (κ1) is 23.2. The summed E-state index contributed by atoms with van der Waals surface area (Å²) in [5.41, 5.74) is 1.38. The van der Waals surface area contributed by atoms with Crippen LogP contribution in [-0.4, -0.2) is 40.7 Å². The Hall–Kier alpha value is -3.46. The Kier molecular flexibility index (Phi) is 7.09. The zero-order valence-electron chi connectivity index (χ0n) is 18.5. The average molecular weight is 455 g/mol. The van der Waals surface area contributed by atoms with Crippen LogP contribution >= 0.6 is 11.3 Å². The Balaban J connectivity index is 1.58. The molecule has 0 atom stereocenters. The second kappa shape index (κ2) is 9.78. The summed E-state index contributed by atoms with van der Waals surface area (Å²) in [7, 11) is 0. The standard InChI is InChI=1S/C23H26N4O4S/c1-15-10-11-17(32-15)22(30)24-13-21(29)31-14-20(28)25-19-12-18(23(2,3)4)26-27(19)16-8-6-5-7-9-16/h5-12H,13-14H2,1-4H3,(H,24,30)(H,25,28). The Morgan fingerprint density at radius 2 is 1.81 bits per heavy atom. The molecule has 3 aromatic rings. The molecule has 2 heterocycles. The first-order valence-electron chi connectivity index (χ1n) is 10.1. The fourth-order valence-electron chi connectivity index (χ4n) is 2.77. The molecule has 0 radical (unpaired) electrons. The van der Waals surface area contributed by atoms with Gasteiger partial charge in [-0.1, -0.05) is 39.0 Å². The molecule has 168 valence electrons. The van der Waals surface area contributed by atoms with Crippen molar-refractivity contribution in [2.24, 2.45) is 0 Å². The maximum absolute atomic E-state index is 12.4. The molecule has 0 unspecified atom stereocenters. The lowest BCUT2D eigenvalue weighted by molar-refractivity contribution is -0.146. The first-order chi connectivity index (χ1) is 15.1. The molecule has 8 nitrogen and oxygen atoms in total. The van der Waals surface area contributed by atoms with E-state index < -0.39 is 18.5 Å². The number of amides is 2. The van der Waals surface area contributed by atoms with Crippen LogP contribution in [0.2, 0.25) is 0 Å². The SMILES string of the molecule is Cc1ccc(C(=O)NCC(=O)OCC(=O)Nc2cc(C(C)(C)C)nn2-c2ccccc2)s1. The van der Waals surface area contributed by atoms with Crippen molar-refractivity contribution in [1.82, 2.24) is 15.1 Å². The van der Waals surface area contributed by atoms with Crippen molar-refractivity contribution in [1.29, 1.82) is 0 Å². The minimum absolute atomic E-state index is 0.217. The molecule has 0 aliphatic rings. The zero-order chi connectivity index (χ0) is 23.3. The first-order valence-corrected chi connectivity index (χ1v) is 10.9. The molecule has 3 rings (SSSR count). The van der Waals surface area contributed by atoms with Gasteiger partial charge in [0.15, 0.2) is 6.61 Å². The maximum Gasteiger partial charge on any atom is 0.325 e. The van der Waals surface area contributed by atoms with E-state index in [0.717, 1.165) is 16.3 Å². The average Bonchev–Trinajstić information content (AvgIpc) is 3.37. The van der Waals surface area contributed by atoms with Crippen molar-refractivity contribution in [3.05, 3.63) is 64.0 Å². The molecule has 0 saturated heterocycles. The number of rotatable bonds is 7. The van der Waals surface area contributed by atoms with E-state index in [4.69, 9.17) is 4.74 Å². The van der Waals surface area contributed by atoms with Crippen molar-refractivity contribution in [2.45, 2.75) is 33.1 Å². The molecule has 2 amide bonds. The summed E-state index contributed by atoms with van der Waals surface area (Å²) in [5.74, 6) is -1.08. The third-order valence-electron chi connectivity index (χ3n) is 4.47. The van der Waals surface area contributed by atoms with Crippen molar-refractivity contribution in [2.75, 3.05) is 18.5 Å². The molecule has 0 aliphatic heterocycles. The van der Waals surface area contributed by atoms with E-state index in [9.17, 15) is 14.4 Å². The van der Waals surface area contributed by atoms with Gasteiger partial charge in [0.05, 0.1) is 16.3 Å². The number of anilines is 1. The smallest absolute Gasteiger partial charge is 0.325 e. The van der Waals surface area contributed by atoms with E-state index in [-0.39, 0.29) is 17.9 Å². The van der Waals surface area contributed by atoms with Crippen LogP contribution in [0.1, 0.15) is 41.0 Å². The quantitative estimate of drug-likeness (QED) is 0.533. The van der Waals surface area contributed by atoms with Crippen LogP contribution < -0.4 is 10.6 Å². The highest BCUT2D eigenvalue weighted by Crippen LogP contribution is 2.26. The lowest BCUT2D eigenvalue weighted by Gasteiger charge is -2.14. The van der Waals surface area contributed by atoms with Gasteiger partial charge in [-0.05, 0) is 31.2 Å². The number of para-hydroxylation sites is 1. The topological polar surface area (TPSA) is 102 Å². The fourth-order valence-corrected chi connectivity index (χ4v) is 3.56. The lowest BCUT2D eigenvalue weighted by atomic mass is 9.92. The van der Waals surface area contributed by atoms with Gasteiger partial charge in [0.1, 0.15) is 12.4 Å². The van der Waals surface area contributed by atoms with Crippen LogP contribution in [0.3, 0.4) is 0 Å². The summed E-state index contributed by atoms with van der Waals surface area (Å²) in [6.45, 7) is 7.19. The van der Waals surface area contributed by atoms with E-state index in [1.807, 2.05) is 64.1 Å². The molecular formula is C23H26N4O4S. The predicted octanol–water partition coefficient (Wildman–Crippen LogP) is 3.45. The molecule has 0 saturated carbocycles. The predicted molar refractivity (Wildman–Crippen MR) is 123 cm³/mol. The molecule has 9 heteroatoms. The van der Waals surface area contributed by atoms with Gasteiger partial charge in [0.25, 0.3) is 11.8 Å². The molecule has 1 aromatic carbocycles. The largest absolute Gasteiger partial charge is 0.454 e. The van der Waals surface area contributed by atoms with E-state index in [2.05, 4.69) is 15.7 Å². The normalized spacial score (nSPS) is 11.1. The van der Waals surface area contributed by atoms with Crippen molar-refractivity contribution in [3.8, 4) is 5.69 Å². The minimum Gasteiger partial charge on any atom is -0.454 e. The maximum atomic E-state index is 12.4. The highest BCUT2D eigenvalue weighted by molar-refractivity contribution is 7.13. The van der Waals surface area contributed by atoms with Crippen LogP contribution in [0.4, 0.5) is 5.82 Å². The van der Waals surface area contributed by atoms with Gasteiger partial charge in [-0.25, -0.2) is 4.68 Å². The molecule has 0 spiro atoms. The van der Waals surface area contributed by atoms with E-state index >= 15 is 0 Å². The van der Waals surface area contributed by atoms with Crippen molar-refractivity contribution in [3.63, 3.8) is 0 Å². The number of nitrogens with one attached hydrogen (secondary N) is 2. The number of benzene rings is 1. The molecule has 32 heavy (non-hydrogen) atoms. The Morgan fingerprint density at radius 3 is 2.44 bits per heavy atom. The molecule has 0 bridgehead atoms. The number of esters is 1. The van der Waals surface area contributed by atoms with E-state index in [0.29, 0.717) is 10.7 Å². The Labute approximate surface area is 190 Å². The fraction of sp³-hybridized carbons (Fsp3) is 0.304. The third kappa shape index (κ3) is 6.04. The van der Waals surface area contributed by atoms with Crippen LogP contribution in [0, 0.1) is 6.92 Å². The van der Waals surface area contributed by atoms with E-state index in [1.165, 1.54) is 11.3 Å². The number of thiophene rings is 1. The number of carbonyl (C=O) groups is 3. The summed E-state index contributed by atoms with van der Waals surface area (Å²) in [6, 6.07) is 14.7. The number of carbonyl (C=O) groups excluding carboxylic acids is 3. The number of ether oxygens (including phenoxy) is 1. The van der Waals surface area contributed by atoms with Gasteiger partial charge in [-0.2, -0.15) is 5.10 Å². The second-order valence-corrected chi connectivity index (χ2v) is 9.50. The zero-order valence-corrected chi connectivity index (χ0v) is 19.3. The van der Waals surface area contributed by atoms with Crippen LogP contribution in [0.15, 0.2) is 48.5 Å². The third-order valence-corrected chi connectivity index (χ3v) is 5.47. The van der Waals surface area contributed by atoms with Gasteiger partial charge in [-0.15, -0.1) is 11.3 Å². The molecule has 0 fully saturated rings. The second-order valence-electron chi connectivity index (χ2n) is 8.21. The van der Waals surface area contributed by atoms with E-state index in [1.54, 1.807) is 16.8 Å². The lowest BCUT2D eigenvalue weighted by Crippen LogP contribution is -2.32. The van der Waals surface area contributed by atoms with Gasteiger partial charge >= 0.3 is 5.97 Å². The Bertz CT molecular complexity index is 1110. The monoisotopic (exact) mass is 454 g/mol.